The fourth-order valence-corrected chi connectivity index (χ4v) is 5.82. The van der Waals surface area contributed by atoms with Gasteiger partial charge in [0.2, 0.25) is 15.2 Å². The van der Waals surface area contributed by atoms with Gasteiger partial charge in [0.15, 0.2) is 6.61 Å². The predicted octanol–water partition coefficient (Wildman–Crippen LogP) is 2.17. The average Bonchev–Trinajstić information content (AvgIpc) is 3.46. The lowest BCUT2D eigenvalue weighted by atomic mass is 10.3. The molecule has 0 spiro atoms. The molecule has 37 heavy (non-hydrogen) atoms. The van der Waals surface area contributed by atoms with E-state index in [9.17, 15) is 27.2 Å². The summed E-state index contributed by atoms with van der Waals surface area (Å²) in [5.74, 6) is -1.90. The van der Waals surface area contributed by atoms with Crippen LogP contribution in [-0.4, -0.2) is 74.1 Å². The number of sulfone groups is 1. The van der Waals surface area contributed by atoms with Gasteiger partial charge < -0.3 is 19.9 Å². The molecular weight excluding hydrogens is 521 g/mol. The minimum Gasteiger partial charge on any atom is -0.484 e. The molecule has 1 N–H and O–H groups in total. The van der Waals surface area contributed by atoms with Gasteiger partial charge in [-0.25, -0.2) is 12.8 Å². The van der Waals surface area contributed by atoms with Crippen molar-refractivity contribution in [2.24, 2.45) is 0 Å². The highest BCUT2D eigenvalue weighted by atomic mass is 32.2. The van der Waals surface area contributed by atoms with Crippen LogP contribution in [0.2, 0.25) is 0 Å². The maximum Gasteiger partial charge on any atom is 0.262 e. The van der Waals surface area contributed by atoms with Gasteiger partial charge in [-0.2, -0.15) is 0 Å². The molecule has 1 atom stereocenters. The number of nitrogens with zero attached hydrogens (tertiary/aromatic N) is 2. The molecule has 9 nitrogen and oxygen atoms in total. The standard InChI is InChI=1S/C25H24FN3O6S2/c26-18-8-10-20(11-9-18)37(33,34)24(27-23(31)21-7-4-16-36-21)25(32)29-14-12-28(13-15-29)22(30)17-35-19-5-2-1-3-6-19/h1-11,16,24H,12-15,17H2,(H,27,31). The van der Waals surface area contributed by atoms with Crippen LogP contribution in [0.15, 0.2) is 77.0 Å². The van der Waals surface area contributed by atoms with Gasteiger partial charge in [-0.3, -0.25) is 14.4 Å². The number of benzene rings is 2. The SMILES string of the molecule is O=C(NC(C(=O)N1CCN(C(=O)COc2ccccc2)CC1)S(=O)(=O)c1ccc(F)cc1)c1cccs1. The van der Waals surface area contributed by atoms with Gasteiger partial charge in [-0.15, -0.1) is 11.3 Å². The summed E-state index contributed by atoms with van der Waals surface area (Å²) in [5.41, 5.74) is 0. The minimum atomic E-state index is -4.41. The summed E-state index contributed by atoms with van der Waals surface area (Å²) in [6.45, 7) is 0.312. The Hall–Kier alpha value is -3.77. The number of piperazine rings is 1. The minimum absolute atomic E-state index is 0.0697. The summed E-state index contributed by atoms with van der Waals surface area (Å²) in [6, 6.07) is 16.0. The molecule has 0 aliphatic carbocycles. The third-order valence-corrected chi connectivity index (χ3v) is 8.47. The van der Waals surface area contributed by atoms with Gasteiger partial charge in [-0.05, 0) is 47.8 Å². The topological polar surface area (TPSA) is 113 Å². The summed E-state index contributed by atoms with van der Waals surface area (Å²) in [7, 11) is -4.41. The fraction of sp³-hybridized carbons (Fsp3) is 0.240. The van der Waals surface area contributed by atoms with E-state index in [1.54, 1.807) is 35.7 Å². The number of halogens is 1. The van der Waals surface area contributed by atoms with E-state index in [4.69, 9.17) is 4.74 Å². The van der Waals surface area contributed by atoms with Crippen molar-refractivity contribution < 1.29 is 31.9 Å². The van der Waals surface area contributed by atoms with E-state index in [1.165, 1.54) is 15.9 Å². The van der Waals surface area contributed by atoms with E-state index >= 15 is 0 Å². The lowest BCUT2D eigenvalue weighted by Gasteiger charge is -2.36. The molecular formula is C25H24FN3O6S2. The monoisotopic (exact) mass is 545 g/mol. The Morgan fingerprint density at radius 3 is 2.19 bits per heavy atom. The smallest absolute Gasteiger partial charge is 0.262 e. The number of amides is 3. The largest absolute Gasteiger partial charge is 0.484 e. The van der Waals surface area contributed by atoms with E-state index < -0.39 is 32.8 Å². The lowest BCUT2D eigenvalue weighted by Crippen LogP contribution is -2.58. The van der Waals surface area contributed by atoms with E-state index in [-0.39, 0.29) is 48.5 Å². The Balaban J connectivity index is 1.45. The van der Waals surface area contributed by atoms with Crippen LogP contribution in [0.5, 0.6) is 5.75 Å². The second-order valence-electron chi connectivity index (χ2n) is 8.14. The van der Waals surface area contributed by atoms with Gasteiger partial charge in [0.25, 0.3) is 17.7 Å². The molecule has 194 valence electrons. The van der Waals surface area contributed by atoms with Crippen molar-refractivity contribution in [3.8, 4) is 5.75 Å². The first kappa shape index (κ1) is 26.3. The molecule has 1 saturated heterocycles. The number of hydrogen-bond acceptors (Lipinski definition) is 7. The Morgan fingerprint density at radius 2 is 1.57 bits per heavy atom. The molecule has 0 bridgehead atoms. The molecule has 2 heterocycles. The Morgan fingerprint density at radius 1 is 0.919 bits per heavy atom. The maximum absolute atomic E-state index is 13.4. The zero-order valence-corrected chi connectivity index (χ0v) is 21.2. The van der Waals surface area contributed by atoms with Crippen LogP contribution < -0.4 is 10.1 Å². The normalized spacial score (nSPS) is 14.6. The first-order chi connectivity index (χ1) is 17.8. The average molecular weight is 546 g/mol. The lowest BCUT2D eigenvalue weighted by molar-refractivity contribution is -0.140. The summed E-state index contributed by atoms with van der Waals surface area (Å²) < 4.78 is 45.6. The van der Waals surface area contributed by atoms with Crippen LogP contribution in [0.4, 0.5) is 4.39 Å². The molecule has 1 aromatic heterocycles. The molecule has 1 aliphatic rings. The van der Waals surface area contributed by atoms with Gasteiger partial charge in [-0.1, -0.05) is 24.3 Å². The number of ether oxygens (including phenoxy) is 1. The first-order valence-corrected chi connectivity index (χ1v) is 13.8. The number of para-hydroxylation sites is 1. The number of carbonyl (C=O) groups is 3. The van der Waals surface area contributed by atoms with Crippen molar-refractivity contribution in [2.45, 2.75) is 10.3 Å². The van der Waals surface area contributed by atoms with Crippen LogP contribution in [0, 0.1) is 5.82 Å². The van der Waals surface area contributed by atoms with Crippen LogP contribution in [0.25, 0.3) is 0 Å². The zero-order chi connectivity index (χ0) is 26.4. The molecule has 1 unspecified atom stereocenters. The molecule has 0 radical (unpaired) electrons. The Kier molecular flexibility index (Phi) is 8.19. The van der Waals surface area contributed by atoms with Gasteiger partial charge in [0.1, 0.15) is 11.6 Å². The maximum atomic E-state index is 13.4. The van der Waals surface area contributed by atoms with Gasteiger partial charge >= 0.3 is 0 Å². The number of nitrogens with one attached hydrogen (secondary N) is 1. The van der Waals surface area contributed by atoms with Crippen molar-refractivity contribution in [2.75, 3.05) is 32.8 Å². The molecule has 2 aromatic carbocycles. The second-order valence-corrected chi connectivity index (χ2v) is 11.1. The number of carbonyl (C=O) groups excluding carboxylic acids is 3. The first-order valence-electron chi connectivity index (χ1n) is 11.3. The highest BCUT2D eigenvalue weighted by Gasteiger charge is 2.39. The molecule has 3 aromatic rings. The van der Waals surface area contributed by atoms with Crippen molar-refractivity contribution in [1.82, 2.24) is 15.1 Å². The summed E-state index contributed by atoms with van der Waals surface area (Å²) >= 11 is 1.10. The number of hydrogen-bond donors (Lipinski definition) is 1. The molecule has 4 rings (SSSR count). The van der Waals surface area contributed by atoms with Crippen molar-refractivity contribution in [3.05, 3.63) is 82.8 Å². The van der Waals surface area contributed by atoms with Crippen LogP contribution in [0.3, 0.4) is 0 Å². The summed E-state index contributed by atoms with van der Waals surface area (Å²) in [4.78, 5) is 41.4. The van der Waals surface area contributed by atoms with E-state index in [0.717, 1.165) is 35.6 Å². The van der Waals surface area contributed by atoms with Crippen LogP contribution >= 0.6 is 11.3 Å². The molecule has 1 fully saturated rings. The number of rotatable bonds is 8. The van der Waals surface area contributed by atoms with Gasteiger partial charge in [0.05, 0.1) is 9.77 Å². The highest BCUT2D eigenvalue weighted by Crippen LogP contribution is 2.20. The van der Waals surface area contributed by atoms with Crippen LogP contribution in [-0.2, 0) is 19.4 Å². The third-order valence-electron chi connectivity index (χ3n) is 5.73. The zero-order valence-electron chi connectivity index (χ0n) is 19.6. The molecule has 12 heteroatoms. The highest BCUT2D eigenvalue weighted by molar-refractivity contribution is 7.92. The van der Waals surface area contributed by atoms with Crippen molar-refractivity contribution in [3.63, 3.8) is 0 Å². The quantitative estimate of drug-likeness (QED) is 0.434. The second kappa shape index (κ2) is 11.5. The van der Waals surface area contributed by atoms with Gasteiger partial charge in [0, 0.05) is 26.2 Å². The Labute approximate surface area is 217 Å². The van der Waals surface area contributed by atoms with E-state index in [1.807, 2.05) is 6.07 Å². The van der Waals surface area contributed by atoms with Crippen molar-refractivity contribution >= 4 is 38.9 Å². The fourth-order valence-electron chi connectivity index (χ4n) is 3.73. The van der Waals surface area contributed by atoms with Crippen molar-refractivity contribution in [1.29, 1.82) is 0 Å². The number of thiophene rings is 1. The third kappa shape index (κ3) is 6.33. The molecule has 1 aliphatic heterocycles. The van der Waals surface area contributed by atoms with E-state index in [2.05, 4.69) is 5.32 Å². The molecule has 3 amide bonds. The van der Waals surface area contributed by atoms with Crippen LogP contribution in [0.1, 0.15) is 9.67 Å². The molecule has 0 saturated carbocycles. The predicted molar refractivity (Wildman–Crippen MR) is 134 cm³/mol. The summed E-state index contributed by atoms with van der Waals surface area (Å²) in [5, 5.41) is 2.07. The Bertz CT molecular complexity index is 1340. The summed E-state index contributed by atoms with van der Waals surface area (Å²) in [6.07, 6.45) is 0. The van der Waals surface area contributed by atoms with E-state index in [0.29, 0.717) is 5.75 Å².